The van der Waals surface area contributed by atoms with E-state index in [1.807, 2.05) is 0 Å². The standard InChI is InChI=1S/C15H23ClN2O5S/c1-11(2)14(15(19)17-20)10-24(21,22)18(3)8-9-23-13-6-4-12(16)5-7-13/h4-7,11,14,20H,8-10H2,1-3H3,(H,17,19)/t14-/m1/s1. The number of hydroxylamine groups is 1. The fraction of sp³-hybridized carbons (Fsp3) is 0.533. The van der Waals surface area contributed by atoms with Crippen LogP contribution in [0.3, 0.4) is 0 Å². The van der Waals surface area contributed by atoms with Gasteiger partial charge in [0.05, 0.1) is 11.7 Å². The number of ether oxygens (including phenoxy) is 1. The van der Waals surface area contributed by atoms with Gasteiger partial charge in [-0.05, 0) is 30.2 Å². The van der Waals surface area contributed by atoms with Gasteiger partial charge < -0.3 is 4.74 Å². The van der Waals surface area contributed by atoms with Gasteiger partial charge in [-0.15, -0.1) is 0 Å². The average Bonchev–Trinajstić information content (AvgIpc) is 2.53. The summed E-state index contributed by atoms with van der Waals surface area (Å²) in [6.07, 6.45) is 0. The Bertz CT molecular complexity index is 634. The van der Waals surface area contributed by atoms with Crippen LogP contribution in [0.5, 0.6) is 5.75 Å². The van der Waals surface area contributed by atoms with Crippen molar-refractivity contribution in [1.29, 1.82) is 0 Å². The first kappa shape index (κ1) is 20.7. The molecular weight excluding hydrogens is 356 g/mol. The molecule has 1 aromatic carbocycles. The quantitative estimate of drug-likeness (QED) is 0.504. The fourth-order valence-electron chi connectivity index (χ4n) is 1.97. The minimum absolute atomic E-state index is 0.135. The lowest BCUT2D eigenvalue weighted by Crippen LogP contribution is -2.41. The van der Waals surface area contributed by atoms with Crippen LogP contribution < -0.4 is 10.2 Å². The molecule has 0 unspecified atom stereocenters. The minimum Gasteiger partial charge on any atom is -0.492 e. The number of nitrogens with zero attached hydrogens (tertiary/aromatic N) is 1. The van der Waals surface area contributed by atoms with E-state index in [2.05, 4.69) is 0 Å². The fourth-order valence-corrected chi connectivity index (χ4v) is 3.69. The second-order valence-corrected chi connectivity index (χ2v) is 8.29. The third-order valence-electron chi connectivity index (χ3n) is 3.61. The normalized spacial score (nSPS) is 13.1. The Morgan fingerprint density at radius 3 is 2.42 bits per heavy atom. The lowest BCUT2D eigenvalue weighted by atomic mass is 9.97. The number of benzene rings is 1. The number of sulfonamides is 1. The number of hydrogen-bond acceptors (Lipinski definition) is 5. The summed E-state index contributed by atoms with van der Waals surface area (Å²) >= 11 is 5.77. The van der Waals surface area contributed by atoms with Gasteiger partial charge in [-0.3, -0.25) is 10.0 Å². The summed E-state index contributed by atoms with van der Waals surface area (Å²) in [7, 11) is -2.24. The molecule has 9 heteroatoms. The molecule has 0 radical (unpaired) electrons. The van der Waals surface area contributed by atoms with E-state index in [1.165, 1.54) is 12.5 Å². The van der Waals surface area contributed by atoms with Crippen molar-refractivity contribution in [3.8, 4) is 5.75 Å². The van der Waals surface area contributed by atoms with Gasteiger partial charge in [0.1, 0.15) is 12.4 Å². The van der Waals surface area contributed by atoms with E-state index in [4.69, 9.17) is 21.5 Å². The zero-order chi connectivity index (χ0) is 18.3. The summed E-state index contributed by atoms with van der Waals surface area (Å²) in [5.74, 6) is -1.57. The van der Waals surface area contributed by atoms with E-state index in [0.29, 0.717) is 10.8 Å². The van der Waals surface area contributed by atoms with E-state index in [9.17, 15) is 13.2 Å². The predicted molar refractivity (Wildman–Crippen MR) is 91.6 cm³/mol. The van der Waals surface area contributed by atoms with E-state index < -0.39 is 21.8 Å². The summed E-state index contributed by atoms with van der Waals surface area (Å²) < 4.78 is 31.3. The maximum absolute atomic E-state index is 12.3. The molecule has 0 saturated heterocycles. The largest absolute Gasteiger partial charge is 0.492 e. The van der Waals surface area contributed by atoms with E-state index >= 15 is 0 Å². The van der Waals surface area contributed by atoms with Crippen LogP contribution in [0.25, 0.3) is 0 Å². The van der Waals surface area contributed by atoms with Crippen LogP contribution in [0.1, 0.15) is 13.8 Å². The number of hydrogen-bond donors (Lipinski definition) is 2. The van der Waals surface area contributed by atoms with Gasteiger partial charge in [0, 0.05) is 18.6 Å². The summed E-state index contributed by atoms with van der Waals surface area (Å²) in [5, 5.41) is 9.33. The van der Waals surface area contributed by atoms with Crippen molar-refractivity contribution in [3.05, 3.63) is 29.3 Å². The second kappa shape index (κ2) is 9.22. The highest BCUT2D eigenvalue weighted by atomic mass is 35.5. The van der Waals surface area contributed by atoms with Crippen LogP contribution in [-0.4, -0.2) is 49.8 Å². The topological polar surface area (TPSA) is 95.9 Å². The van der Waals surface area contributed by atoms with Crippen LogP contribution in [0.4, 0.5) is 0 Å². The Labute approximate surface area is 147 Å². The number of nitrogens with one attached hydrogen (secondary N) is 1. The lowest BCUT2D eigenvalue weighted by molar-refractivity contribution is -0.134. The Hall–Kier alpha value is -1.35. The molecule has 136 valence electrons. The van der Waals surface area contributed by atoms with Crippen molar-refractivity contribution in [3.63, 3.8) is 0 Å². The van der Waals surface area contributed by atoms with Crippen molar-refractivity contribution in [2.75, 3.05) is 26.0 Å². The smallest absolute Gasteiger partial charge is 0.247 e. The first-order valence-electron chi connectivity index (χ1n) is 7.43. The highest BCUT2D eigenvalue weighted by Gasteiger charge is 2.30. The van der Waals surface area contributed by atoms with E-state index in [0.717, 1.165) is 4.31 Å². The Morgan fingerprint density at radius 1 is 1.33 bits per heavy atom. The number of rotatable bonds is 9. The molecule has 7 nitrogen and oxygen atoms in total. The molecule has 2 N–H and O–H groups in total. The van der Waals surface area contributed by atoms with Crippen molar-refractivity contribution in [2.45, 2.75) is 13.8 Å². The maximum Gasteiger partial charge on any atom is 0.247 e. The molecule has 0 aliphatic heterocycles. The molecule has 0 bridgehead atoms. The lowest BCUT2D eigenvalue weighted by Gasteiger charge is -2.23. The third kappa shape index (κ3) is 6.27. The van der Waals surface area contributed by atoms with Crippen molar-refractivity contribution >= 4 is 27.5 Å². The summed E-state index contributed by atoms with van der Waals surface area (Å²) in [4.78, 5) is 11.6. The van der Waals surface area contributed by atoms with Gasteiger partial charge in [0.15, 0.2) is 0 Å². The van der Waals surface area contributed by atoms with Gasteiger partial charge in [-0.2, -0.15) is 0 Å². The molecule has 0 aromatic heterocycles. The number of likely N-dealkylation sites (N-methyl/N-ethyl adjacent to an activating group) is 1. The number of halogens is 1. The van der Waals surface area contributed by atoms with Crippen LogP contribution in [0.2, 0.25) is 5.02 Å². The molecule has 0 aliphatic carbocycles. The van der Waals surface area contributed by atoms with Gasteiger partial charge in [-0.25, -0.2) is 18.2 Å². The van der Waals surface area contributed by atoms with Crippen LogP contribution in [0.15, 0.2) is 24.3 Å². The Morgan fingerprint density at radius 2 is 1.92 bits per heavy atom. The predicted octanol–water partition coefficient (Wildman–Crippen LogP) is 1.76. The van der Waals surface area contributed by atoms with Crippen LogP contribution in [0, 0.1) is 11.8 Å². The molecule has 24 heavy (non-hydrogen) atoms. The zero-order valence-corrected chi connectivity index (χ0v) is 15.5. The number of carbonyl (C=O) groups excluding carboxylic acids is 1. The van der Waals surface area contributed by atoms with Crippen molar-refractivity contribution in [1.82, 2.24) is 9.79 Å². The van der Waals surface area contributed by atoms with E-state index in [1.54, 1.807) is 38.1 Å². The van der Waals surface area contributed by atoms with Gasteiger partial charge >= 0.3 is 0 Å². The molecule has 0 heterocycles. The Kier molecular flexibility index (Phi) is 7.95. The highest BCUT2D eigenvalue weighted by Crippen LogP contribution is 2.17. The Balaban J connectivity index is 2.59. The van der Waals surface area contributed by atoms with Gasteiger partial charge in [0.2, 0.25) is 15.9 Å². The zero-order valence-electron chi connectivity index (χ0n) is 13.9. The molecular formula is C15H23ClN2O5S. The minimum atomic E-state index is -3.66. The molecule has 1 atom stereocenters. The van der Waals surface area contributed by atoms with Gasteiger partial charge in [-0.1, -0.05) is 25.4 Å². The third-order valence-corrected chi connectivity index (χ3v) is 5.77. The maximum atomic E-state index is 12.3. The summed E-state index contributed by atoms with van der Waals surface area (Å²) in [6, 6.07) is 6.74. The monoisotopic (exact) mass is 378 g/mol. The van der Waals surface area contributed by atoms with Crippen LogP contribution >= 0.6 is 11.6 Å². The molecule has 0 saturated carbocycles. The molecule has 0 fully saturated rings. The molecule has 1 amide bonds. The van der Waals surface area contributed by atoms with Gasteiger partial charge in [0.25, 0.3) is 0 Å². The first-order valence-corrected chi connectivity index (χ1v) is 9.42. The van der Waals surface area contributed by atoms with Crippen LogP contribution in [-0.2, 0) is 14.8 Å². The second-order valence-electron chi connectivity index (χ2n) is 5.73. The van der Waals surface area contributed by atoms with Crippen molar-refractivity contribution in [2.24, 2.45) is 11.8 Å². The summed E-state index contributed by atoms with van der Waals surface area (Å²) in [6.45, 7) is 3.74. The first-order chi connectivity index (χ1) is 11.2. The SMILES string of the molecule is CC(C)[C@@H](CS(=O)(=O)N(C)CCOc1ccc(Cl)cc1)C(=O)NO. The van der Waals surface area contributed by atoms with E-state index in [-0.39, 0.29) is 24.8 Å². The molecule has 0 aliphatic rings. The highest BCUT2D eigenvalue weighted by molar-refractivity contribution is 7.89. The number of carbonyl (C=O) groups is 1. The van der Waals surface area contributed by atoms with Crippen molar-refractivity contribution < 1.29 is 23.2 Å². The molecule has 0 spiro atoms. The molecule has 1 aromatic rings. The number of amides is 1. The summed E-state index contributed by atoms with van der Waals surface area (Å²) in [5.41, 5.74) is 1.52. The average molecular weight is 379 g/mol. The molecule has 1 rings (SSSR count).